The zero-order valence-electron chi connectivity index (χ0n) is 11.2. The van der Waals surface area contributed by atoms with Crippen molar-refractivity contribution < 1.29 is 0 Å². The first-order chi connectivity index (χ1) is 9.22. The molecular weight excluding hydrogens is 234 g/mol. The quantitative estimate of drug-likeness (QED) is 0.771. The van der Waals surface area contributed by atoms with Crippen LogP contribution in [0.2, 0.25) is 0 Å². The summed E-state index contributed by atoms with van der Waals surface area (Å²) in [5.41, 5.74) is 5.67. The Morgan fingerprint density at radius 3 is 2.84 bits per heavy atom. The second-order valence-corrected chi connectivity index (χ2v) is 4.88. The molecule has 3 rings (SSSR count). The van der Waals surface area contributed by atoms with E-state index in [1.54, 1.807) is 0 Å². The molecule has 0 aliphatic heterocycles. The lowest BCUT2D eigenvalue weighted by Crippen LogP contribution is -1.99. The normalized spacial score (nSPS) is 10.8. The van der Waals surface area contributed by atoms with Crippen molar-refractivity contribution in [2.75, 3.05) is 5.32 Å². The summed E-state index contributed by atoms with van der Waals surface area (Å²) in [5, 5.41) is 3.41. The second kappa shape index (κ2) is 4.76. The minimum Gasteiger partial charge on any atom is -0.379 e. The third-order valence-corrected chi connectivity index (χ3v) is 3.22. The van der Waals surface area contributed by atoms with Gasteiger partial charge < -0.3 is 9.72 Å². The molecule has 0 spiro atoms. The maximum Gasteiger partial charge on any atom is 0.140 e. The molecule has 0 saturated heterocycles. The molecule has 0 bridgehead atoms. The van der Waals surface area contributed by atoms with Crippen LogP contribution in [-0.4, -0.2) is 9.38 Å². The van der Waals surface area contributed by atoms with Crippen molar-refractivity contribution in [3.63, 3.8) is 0 Å². The molecule has 2 heterocycles. The van der Waals surface area contributed by atoms with E-state index in [-0.39, 0.29) is 0 Å². The van der Waals surface area contributed by atoms with E-state index in [2.05, 4.69) is 65.1 Å². The van der Waals surface area contributed by atoms with Gasteiger partial charge in [0.05, 0.1) is 12.2 Å². The van der Waals surface area contributed by atoms with Crippen molar-refractivity contribution in [3.8, 4) is 0 Å². The molecule has 3 nitrogen and oxygen atoms in total. The zero-order valence-corrected chi connectivity index (χ0v) is 11.2. The van der Waals surface area contributed by atoms with E-state index in [1.165, 1.54) is 11.1 Å². The minimum absolute atomic E-state index is 0.741. The highest BCUT2D eigenvalue weighted by molar-refractivity contribution is 5.49. The number of aryl methyl sites for hydroxylation is 2. The maximum absolute atomic E-state index is 4.65. The smallest absolute Gasteiger partial charge is 0.140 e. The van der Waals surface area contributed by atoms with Gasteiger partial charge in [0.2, 0.25) is 0 Å². The van der Waals surface area contributed by atoms with E-state index in [4.69, 9.17) is 0 Å². The number of hydrogen-bond acceptors (Lipinski definition) is 2. The van der Waals surface area contributed by atoms with Gasteiger partial charge in [0.15, 0.2) is 0 Å². The van der Waals surface area contributed by atoms with Gasteiger partial charge in [-0.1, -0.05) is 18.2 Å². The van der Waals surface area contributed by atoms with Gasteiger partial charge in [-0.3, -0.25) is 0 Å². The highest BCUT2D eigenvalue weighted by Crippen LogP contribution is 2.13. The van der Waals surface area contributed by atoms with Gasteiger partial charge in [0.25, 0.3) is 0 Å². The molecule has 0 aliphatic rings. The van der Waals surface area contributed by atoms with Crippen molar-refractivity contribution in [3.05, 3.63) is 65.6 Å². The number of imidazole rings is 1. The first kappa shape index (κ1) is 11.8. The topological polar surface area (TPSA) is 29.3 Å². The fraction of sp³-hybridized carbons (Fsp3) is 0.188. The lowest BCUT2D eigenvalue weighted by Gasteiger charge is -2.04. The number of benzene rings is 1. The first-order valence-corrected chi connectivity index (χ1v) is 6.46. The van der Waals surface area contributed by atoms with Gasteiger partial charge in [-0.15, -0.1) is 0 Å². The second-order valence-electron chi connectivity index (χ2n) is 4.88. The Kier molecular flexibility index (Phi) is 2.95. The predicted molar refractivity (Wildman–Crippen MR) is 78.4 cm³/mol. The number of aromatic nitrogens is 2. The van der Waals surface area contributed by atoms with Crippen LogP contribution < -0.4 is 5.32 Å². The molecule has 0 unspecified atom stereocenters. The lowest BCUT2D eigenvalue weighted by molar-refractivity contribution is 1.08. The number of nitrogens with zero attached hydrogens (tertiary/aromatic N) is 2. The summed E-state index contributed by atoms with van der Waals surface area (Å²) in [5.74, 6) is 0. The fourth-order valence-corrected chi connectivity index (χ4v) is 2.24. The maximum atomic E-state index is 4.65. The van der Waals surface area contributed by atoms with Crippen LogP contribution in [0, 0.1) is 13.8 Å². The number of fused-ring (bicyclic) bond motifs is 1. The van der Waals surface area contributed by atoms with E-state index < -0.39 is 0 Å². The van der Waals surface area contributed by atoms with Gasteiger partial charge in [0.1, 0.15) is 5.65 Å². The third kappa shape index (κ3) is 2.45. The molecular formula is C16H17N3. The van der Waals surface area contributed by atoms with Crippen LogP contribution in [0.4, 0.5) is 5.69 Å². The molecule has 3 heteroatoms. The molecule has 0 radical (unpaired) electrons. The highest BCUT2D eigenvalue weighted by atomic mass is 15.0. The van der Waals surface area contributed by atoms with Crippen LogP contribution in [-0.2, 0) is 6.54 Å². The molecule has 0 atom stereocenters. The van der Waals surface area contributed by atoms with Crippen LogP contribution in [0.25, 0.3) is 5.65 Å². The molecule has 1 aromatic carbocycles. The summed E-state index contributed by atoms with van der Waals surface area (Å²) in [6, 6.07) is 12.5. The Morgan fingerprint density at radius 1 is 1.16 bits per heavy atom. The molecule has 0 saturated carbocycles. The molecule has 96 valence electrons. The molecule has 1 N–H and O–H groups in total. The summed E-state index contributed by atoms with van der Waals surface area (Å²) in [4.78, 5) is 4.65. The van der Waals surface area contributed by atoms with Gasteiger partial charge in [-0.2, -0.15) is 0 Å². The molecule has 0 fully saturated rings. The lowest BCUT2D eigenvalue weighted by atomic mass is 10.2. The molecule has 2 aromatic heterocycles. The average molecular weight is 251 g/mol. The fourth-order valence-electron chi connectivity index (χ4n) is 2.24. The van der Waals surface area contributed by atoms with E-state index >= 15 is 0 Å². The van der Waals surface area contributed by atoms with Crippen LogP contribution in [0.5, 0.6) is 0 Å². The number of anilines is 1. The van der Waals surface area contributed by atoms with Crippen molar-refractivity contribution in [2.24, 2.45) is 0 Å². The van der Waals surface area contributed by atoms with E-state index in [1.807, 2.05) is 12.3 Å². The Morgan fingerprint density at radius 2 is 2.05 bits per heavy atom. The number of nitrogens with one attached hydrogen (secondary N) is 1. The largest absolute Gasteiger partial charge is 0.379 e. The van der Waals surface area contributed by atoms with Crippen LogP contribution in [0.3, 0.4) is 0 Å². The Hall–Kier alpha value is -2.29. The van der Waals surface area contributed by atoms with Gasteiger partial charge in [-0.25, -0.2) is 4.98 Å². The monoisotopic (exact) mass is 251 g/mol. The van der Waals surface area contributed by atoms with E-state index in [9.17, 15) is 0 Å². The van der Waals surface area contributed by atoms with Crippen LogP contribution >= 0.6 is 0 Å². The Bertz CT molecular complexity index is 713. The first-order valence-electron chi connectivity index (χ1n) is 6.46. The van der Waals surface area contributed by atoms with E-state index in [0.717, 1.165) is 23.6 Å². The van der Waals surface area contributed by atoms with E-state index in [0.29, 0.717) is 0 Å². The van der Waals surface area contributed by atoms with Crippen molar-refractivity contribution >= 4 is 11.3 Å². The van der Waals surface area contributed by atoms with Crippen molar-refractivity contribution in [1.29, 1.82) is 0 Å². The SMILES string of the molecule is Cc1cccc(NCc2cn3cccc(C)c3n2)c1. The van der Waals surface area contributed by atoms with Gasteiger partial charge in [-0.05, 0) is 43.2 Å². The minimum atomic E-state index is 0.741. The summed E-state index contributed by atoms with van der Waals surface area (Å²) in [6.45, 7) is 4.92. The summed E-state index contributed by atoms with van der Waals surface area (Å²) in [7, 11) is 0. The highest BCUT2D eigenvalue weighted by Gasteiger charge is 2.03. The Labute approximate surface area is 112 Å². The Balaban J connectivity index is 1.80. The van der Waals surface area contributed by atoms with Crippen LogP contribution in [0.15, 0.2) is 48.8 Å². The summed E-state index contributed by atoms with van der Waals surface area (Å²) < 4.78 is 2.07. The number of rotatable bonds is 3. The van der Waals surface area contributed by atoms with Gasteiger partial charge >= 0.3 is 0 Å². The molecule has 0 amide bonds. The number of pyridine rings is 1. The van der Waals surface area contributed by atoms with Crippen LogP contribution in [0.1, 0.15) is 16.8 Å². The molecule has 19 heavy (non-hydrogen) atoms. The molecule has 0 aliphatic carbocycles. The van der Waals surface area contributed by atoms with Crippen molar-refractivity contribution in [2.45, 2.75) is 20.4 Å². The standard InChI is InChI=1S/C16H17N3/c1-12-5-3-7-14(9-12)17-10-15-11-19-8-4-6-13(2)16(19)18-15/h3-9,11,17H,10H2,1-2H3. The number of hydrogen-bond donors (Lipinski definition) is 1. The van der Waals surface area contributed by atoms with Crippen molar-refractivity contribution in [1.82, 2.24) is 9.38 Å². The third-order valence-electron chi connectivity index (χ3n) is 3.22. The summed E-state index contributed by atoms with van der Waals surface area (Å²) in [6.07, 6.45) is 4.11. The average Bonchev–Trinajstić information content (AvgIpc) is 2.81. The molecule has 3 aromatic rings. The predicted octanol–water partition coefficient (Wildman–Crippen LogP) is 3.56. The van der Waals surface area contributed by atoms with Gasteiger partial charge in [0, 0.05) is 18.1 Å². The summed E-state index contributed by atoms with van der Waals surface area (Å²) >= 11 is 0. The zero-order chi connectivity index (χ0) is 13.2.